The number of benzene rings is 1. The van der Waals surface area contributed by atoms with Crippen molar-refractivity contribution in [1.29, 1.82) is 0 Å². The number of likely N-dealkylation sites (N-methyl/N-ethyl adjacent to an activating group) is 1. The highest BCUT2D eigenvalue weighted by molar-refractivity contribution is 6.26. The average molecular weight is 418 g/mol. The summed E-state index contributed by atoms with van der Waals surface area (Å²) in [7, 11) is 3.80. The van der Waals surface area contributed by atoms with Crippen molar-refractivity contribution in [2.45, 2.75) is 18.5 Å². The van der Waals surface area contributed by atoms with Crippen LogP contribution < -0.4 is 10.2 Å². The summed E-state index contributed by atoms with van der Waals surface area (Å²) in [5.74, 6) is 0.808. The fourth-order valence-electron chi connectivity index (χ4n) is 5.26. The number of nitrogens with one attached hydrogen (secondary N) is 1. The van der Waals surface area contributed by atoms with E-state index in [0.29, 0.717) is 0 Å². The zero-order chi connectivity index (χ0) is 21.3. The van der Waals surface area contributed by atoms with Crippen molar-refractivity contribution in [3.05, 3.63) is 59.9 Å². The fraction of sp³-hybridized carbons (Fsp3) is 0.417. The lowest BCUT2D eigenvalue weighted by Crippen LogP contribution is -2.44. The van der Waals surface area contributed by atoms with Gasteiger partial charge in [-0.15, -0.1) is 0 Å². The van der Waals surface area contributed by atoms with E-state index in [1.807, 2.05) is 18.2 Å². The molecule has 1 saturated heterocycles. The zero-order valence-corrected chi connectivity index (χ0v) is 18.0. The summed E-state index contributed by atoms with van der Waals surface area (Å²) < 4.78 is 5.29. The Bertz CT molecular complexity index is 1080. The number of piperazine rings is 1. The summed E-state index contributed by atoms with van der Waals surface area (Å²) in [5, 5.41) is 10.1. The number of nitrogens with zero attached hydrogens (tertiary/aromatic N) is 4. The summed E-state index contributed by atoms with van der Waals surface area (Å²) in [5.41, 5.74) is 4.55. The number of methoxy groups -OCH3 is 1. The van der Waals surface area contributed by atoms with Gasteiger partial charge in [0, 0.05) is 49.2 Å². The molecule has 3 atom stereocenters. The molecule has 0 bridgehead atoms. The quantitative estimate of drug-likeness (QED) is 0.817. The predicted molar refractivity (Wildman–Crippen MR) is 121 cm³/mol. The largest absolute Gasteiger partial charge is 0.497 e. The van der Waals surface area contributed by atoms with Gasteiger partial charge in [0.15, 0.2) is 0 Å². The lowest BCUT2D eigenvalue weighted by molar-refractivity contribution is -0.133. The van der Waals surface area contributed by atoms with E-state index in [2.05, 4.69) is 46.9 Å². The van der Waals surface area contributed by atoms with Gasteiger partial charge in [-0.1, -0.05) is 12.7 Å². The number of carbonyl (C=O) groups excluding carboxylic acids is 1. The van der Waals surface area contributed by atoms with Crippen molar-refractivity contribution in [3.63, 3.8) is 0 Å². The van der Waals surface area contributed by atoms with Crippen LogP contribution in [-0.4, -0.2) is 73.9 Å². The van der Waals surface area contributed by atoms with Gasteiger partial charge in [-0.05, 0) is 49.4 Å². The van der Waals surface area contributed by atoms with E-state index in [0.717, 1.165) is 60.9 Å². The SMILES string of the molecule is C=C1C=C(OC)C=CC1N1N=C2c3ccc(N4CCN(C)CC4)cc3NC3CC23C1=O. The molecule has 3 aliphatic heterocycles. The van der Waals surface area contributed by atoms with E-state index in [1.54, 1.807) is 12.1 Å². The molecule has 0 aromatic heterocycles. The summed E-state index contributed by atoms with van der Waals surface area (Å²) in [6, 6.07) is 6.38. The predicted octanol–water partition coefficient (Wildman–Crippen LogP) is 2.19. The fourth-order valence-corrected chi connectivity index (χ4v) is 5.26. The van der Waals surface area contributed by atoms with Crippen LogP contribution in [0.4, 0.5) is 11.4 Å². The molecule has 3 heterocycles. The van der Waals surface area contributed by atoms with Crippen molar-refractivity contribution in [1.82, 2.24) is 9.91 Å². The molecule has 1 aromatic carbocycles. The maximum absolute atomic E-state index is 13.5. The first-order valence-corrected chi connectivity index (χ1v) is 10.9. The average Bonchev–Trinajstić information content (AvgIpc) is 3.44. The molecule has 0 radical (unpaired) electrons. The highest BCUT2D eigenvalue weighted by atomic mass is 16.5. The van der Waals surface area contributed by atoms with Crippen molar-refractivity contribution in [2.24, 2.45) is 10.5 Å². The second kappa shape index (κ2) is 6.47. The molecule has 5 aliphatic rings. The molecule has 160 valence electrons. The number of carbonyl (C=O) groups is 1. The number of hydrogen-bond acceptors (Lipinski definition) is 6. The highest BCUT2D eigenvalue weighted by Crippen LogP contribution is 2.59. The van der Waals surface area contributed by atoms with Crippen molar-refractivity contribution in [3.8, 4) is 0 Å². The standard InChI is InChI=1S/C24H27N5O2/c1-15-12-17(31-3)5-7-20(15)29-23(30)24-14-21(24)25-19-13-16(4-6-18(19)22(24)26-29)28-10-8-27(2)9-11-28/h4-7,12-13,20-21,25H,1,8-11,14H2,2-3H3. The van der Waals surface area contributed by atoms with Crippen LogP contribution in [0.15, 0.2) is 59.4 Å². The topological polar surface area (TPSA) is 60.4 Å². The number of amides is 1. The van der Waals surface area contributed by atoms with Crippen LogP contribution >= 0.6 is 0 Å². The molecular formula is C24H27N5O2. The number of hydrogen-bond donors (Lipinski definition) is 1. The van der Waals surface area contributed by atoms with E-state index in [-0.39, 0.29) is 18.0 Å². The molecule has 1 amide bonds. The zero-order valence-electron chi connectivity index (χ0n) is 18.0. The normalized spacial score (nSPS) is 31.4. The maximum atomic E-state index is 13.5. The highest BCUT2D eigenvalue weighted by Gasteiger charge is 2.70. The van der Waals surface area contributed by atoms with Gasteiger partial charge in [0.1, 0.15) is 11.2 Å². The maximum Gasteiger partial charge on any atom is 0.258 e. The van der Waals surface area contributed by atoms with Gasteiger partial charge >= 0.3 is 0 Å². The first kappa shape index (κ1) is 18.7. The summed E-state index contributed by atoms with van der Waals surface area (Å²) in [4.78, 5) is 18.3. The Morgan fingerprint density at radius 1 is 1.26 bits per heavy atom. The molecule has 7 nitrogen and oxygen atoms in total. The van der Waals surface area contributed by atoms with Gasteiger partial charge in [0.25, 0.3) is 5.91 Å². The second-order valence-electron chi connectivity index (χ2n) is 9.12. The van der Waals surface area contributed by atoms with Crippen molar-refractivity contribution in [2.75, 3.05) is 50.6 Å². The third-order valence-corrected chi connectivity index (χ3v) is 7.29. The molecule has 1 spiro atoms. The minimum Gasteiger partial charge on any atom is -0.497 e. The van der Waals surface area contributed by atoms with Crippen LogP contribution in [0.2, 0.25) is 0 Å². The third kappa shape index (κ3) is 2.62. The van der Waals surface area contributed by atoms with Gasteiger partial charge in [-0.25, -0.2) is 5.01 Å². The summed E-state index contributed by atoms with van der Waals surface area (Å²) in [6.45, 7) is 8.35. The van der Waals surface area contributed by atoms with Crippen LogP contribution in [0.1, 0.15) is 12.0 Å². The number of hydrazone groups is 1. The van der Waals surface area contributed by atoms with E-state index in [9.17, 15) is 4.79 Å². The number of fused-ring (bicyclic) bond motifs is 2. The van der Waals surface area contributed by atoms with E-state index >= 15 is 0 Å². The van der Waals surface area contributed by atoms with Crippen LogP contribution in [0.25, 0.3) is 0 Å². The van der Waals surface area contributed by atoms with E-state index in [1.165, 1.54) is 5.69 Å². The van der Waals surface area contributed by atoms with Gasteiger partial charge in [-0.3, -0.25) is 4.79 Å². The molecule has 3 unspecified atom stereocenters. The smallest absolute Gasteiger partial charge is 0.258 e. The van der Waals surface area contributed by atoms with Crippen LogP contribution in [0.3, 0.4) is 0 Å². The van der Waals surface area contributed by atoms with Gasteiger partial charge < -0.3 is 19.9 Å². The van der Waals surface area contributed by atoms with E-state index < -0.39 is 5.41 Å². The Morgan fingerprint density at radius 2 is 2.06 bits per heavy atom. The molecule has 6 rings (SSSR count). The van der Waals surface area contributed by atoms with Crippen LogP contribution in [0, 0.1) is 5.41 Å². The van der Waals surface area contributed by atoms with Gasteiger partial charge in [0.05, 0.1) is 18.9 Å². The molecule has 1 N–H and O–H groups in total. The molecule has 1 aromatic rings. The number of ether oxygens (including phenoxy) is 1. The lowest BCUT2D eigenvalue weighted by atomic mass is 9.88. The van der Waals surface area contributed by atoms with Crippen LogP contribution in [0.5, 0.6) is 0 Å². The molecule has 1 saturated carbocycles. The van der Waals surface area contributed by atoms with Crippen molar-refractivity contribution < 1.29 is 9.53 Å². The summed E-state index contributed by atoms with van der Waals surface area (Å²) >= 11 is 0. The molecule has 7 heteroatoms. The second-order valence-corrected chi connectivity index (χ2v) is 9.12. The van der Waals surface area contributed by atoms with Crippen LogP contribution in [-0.2, 0) is 9.53 Å². The van der Waals surface area contributed by atoms with E-state index in [4.69, 9.17) is 9.84 Å². The first-order chi connectivity index (χ1) is 15.0. The Morgan fingerprint density at radius 3 is 2.81 bits per heavy atom. The number of allylic oxidation sites excluding steroid dienone is 1. The Balaban J connectivity index is 1.33. The Hall–Kier alpha value is -3.06. The van der Waals surface area contributed by atoms with Gasteiger partial charge in [-0.2, -0.15) is 5.10 Å². The first-order valence-electron chi connectivity index (χ1n) is 10.9. The third-order valence-electron chi connectivity index (χ3n) is 7.29. The molecule has 31 heavy (non-hydrogen) atoms. The molecule has 2 fully saturated rings. The lowest BCUT2D eigenvalue weighted by Gasteiger charge is -2.34. The minimum atomic E-state index is -0.526. The summed E-state index contributed by atoms with van der Waals surface area (Å²) in [6.07, 6.45) is 6.49. The van der Waals surface area contributed by atoms with Gasteiger partial charge in [0.2, 0.25) is 0 Å². The Kier molecular flexibility index (Phi) is 3.90. The number of rotatable bonds is 3. The monoisotopic (exact) mass is 417 g/mol. The molecule has 2 aliphatic carbocycles. The minimum absolute atomic E-state index is 0.0684. The van der Waals surface area contributed by atoms with Crippen molar-refractivity contribution >= 4 is 23.0 Å². The number of anilines is 2. The molecular weight excluding hydrogens is 390 g/mol. The Labute approximate surface area is 182 Å².